The Morgan fingerprint density at radius 1 is 1.37 bits per heavy atom. The zero-order valence-electron chi connectivity index (χ0n) is 15.5. The van der Waals surface area contributed by atoms with E-state index in [0.717, 1.165) is 11.1 Å². The Labute approximate surface area is 166 Å². The van der Waals surface area contributed by atoms with Crippen LogP contribution in [0.3, 0.4) is 0 Å². The first-order valence-electron chi connectivity index (χ1n) is 9.42. The molecule has 0 heterocycles. The second-order valence-electron chi connectivity index (χ2n) is 8.89. The van der Waals surface area contributed by atoms with E-state index in [9.17, 15) is 19.8 Å². The average molecular weight is 439 g/mol. The molecule has 0 aromatic heterocycles. The number of carboxylic acids is 1. The predicted octanol–water partition coefficient (Wildman–Crippen LogP) is 3.74. The third-order valence-electron chi connectivity index (χ3n) is 7.80. The second kappa shape index (κ2) is 5.86. The highest BCUT2D eigenvalue weighted by molar-refractivity contribution is 9.09. The smallest absolute Gasteiger partial charge is 0.332 e. The monoisotopic (exact) mass is 438 g/mol. The van der Waals surface area contributed by atoms with Gasteiger partial charge in [0.05, 0.1) is 6.10 Å². The number of hydrogen-bond acceptors (Lipinski definition) is 3. The van der Waals surface area contributed by atoms with Gasteiger partial charge in [-0.25, -0.2) is 9.18 Å². The lowest BCUT2D eigenvalue weighted by Crippen LogP contribution is -2.66. The summed E-state index contributed by atoms with van der Waals surface area (Å²) >= 11 is 3.40. The number of fused-ring (bicyclic) bond motifs is 5. The number of hydrogen-bond donors (Lipinski definition) is 2. The van der Waals surface area contributed by atoms with Crippen molar-refractivity contribution >= 4 is 27.7 Å². The zero-order valence-corrected chi connectivity index (χ0v) is 17.1. The number of alkyl halides is 2. The highest BCUT2D eigenvalue weighted by Gasteiger charge is 2.70. The Morgan fingerprint density at radius 2 is 2.07 bits per heavy atom. The molecule has 4 rings (SSSR count). The Kier molecular flexibility index (Phi) is 4.14. The van der Waals surface area contributed by atoms with E-state index in [4.69, 9.17) is 0 Å². The van der Waals surface area contributed by atoms with Gasteiger partial charge in [-0.1, -0.05) is 34.5 Å². The summed E-state index contributed by atoms with van der Waals surface area (Å²) in [6.45, 7) is 3.64. The van der Waals surface area contributed by atoms with Crippen LogP contribution in [0, 0.1) is 22.7 Å². The standard InChI is InChI=1S/C21H24BrFO4/c1-19-9-16(25)21(23)14(15(19)7-11(10-22)17(19)18(26)27)4-3-12-8-13(24)5-6-20(12,21)2/h5-6,8,14-16,25H,3-4,7,9-10H2,1-2H3,(H,26,27)/t14-,15-,16-,19-,20-,21-/m0/s1. The van der Waals surface area contributed by atoms with Gasteiger partial charge in [-0.2, -0.15) is 0 Å². The van der Waals surface area contributed by atoms with Crippen LogP contribution in [0.25, 0.3) is 0 Å². The quantitative estimate of drug-likeness (QED) is 0.643. The minimum atomic E-state index is -1.91. The number of ketones is 1. The molecule has 0 spiro atoms. The molecular weight excluding hydrogens is 415 g/mol. The number of halogens is 2. The van der Waals surface area contributed by atoms with Crippen LogP contribution in [0.2, 0.25) is 0 Å². The summed E-state index contributed by atoms with van der Waals surface area (Å²) in [7, 11) is 0. The van der Waals surface area contributed by atoms with Crippen molar-refractivity contribution < 1.29 is 24.2 Å². The number of rotatable bonds is 2. The molecule has 0 saturated heterocycles. The minimum absolute atomic E-state index is 0.0768. The van der Waals surface area contributed by atoms with E-state index in [1.54, 1.807) is 13.0 Å². The average Bonchev–Trinajstić information content (AvgIpc) is 2.89. The van der Waals surface area contributed by atoms with Crippen LogP contribution in [0.15, 0.2) is 34.9 Å². The van der Waals surface area contributed by atoms with Gasteiger partial charge in [0.25, 0.3) is 0 Å². The van der Waals surface area contributed by atoms with E-state index in [0.29, 0.717) is 30.2 Å². The summed E-state index contributed by atoms with van der Waals surface area (Å²) in [5.74, 6) is -1.75. The summed E-state index contributed by atoms with van der Waals surface area (Å²) in [6, 6.07) is 0. The van der Waals surface area contributed by atoms with Crippen molar-refractivity contribution in [2.45, 2.75) is 51.3 Å². The van der Waals surface area contributed by atoms with E-state index in [2.05, 4.69) is 15.9 Å². The topological polar surface area (TPSA) is 74.6 Å². The lowest BCUT2D eigenvalue weighted by Gasteiger charge is -2.61. The maximum atomic E-state index is 16.8. The predicted molar refractivity (Wildman–Crippen MR) is 102 cm³/mol. The number of aliphatic hydroxyl groups is 1. The SMILES string of the molecule is C[C@]12C=CC(=O)C=C1CC[C@H]1[C@@H]3CC(CBr)=C(C(=O)O)[C@@]3(C)C[C@H](O)[C@@]12F. The normalized spacial score (nSPS) is 45.9. The number of carbonyl (C=O) groups excluding carboxylic acids is 1. The number of carboxylic acid groups (broad SMARTS) is 1. The summed E-state index contributed by atoms with van der Waals surface area (Å²) in [5.41, 5.74) is -1.82. The van der Waals surface area contributed by atoms with Crippen molar-refractivity contribution in [1.82, 2.24) is 0 Å². The second-order valence-corrected chi connectivity index (χ2v) is 9.45. The van der Waals surface area contributed by atoms with Crippen molar-refractivity contribution in [3.63, 3.8) is 0 Å². The van der Waals surface area contributed by atoms with Crippen LogP contribution < -0.4 is 0 Å². The number of aliphatic carboxylic acids is 1. The molecule has 6 heteroatoms. The van der Waals surface area contributed by atoms with Gasteiger partial charge in [0.2, 0.25) is 0 Å². The first-order chi connectivity index (χ1) is 12.6. The van der Waals surface area contributed by atoms with E-state index >= 15 is 4.39 Å². The van der Waals surface area contributed by atoms with E-state index in [1.807, 2.05) is 6.92 Å². The van der Waals surface area contributed by atoms with Gasteiger partial charge in [0, 0.05) is 27.7 Å². The molecule has 0 unspecified atom stereocenters. The maximum Gasteiger partial charge on any atom is 0.332 e. The molecule has 0 aliphatic heterocycles. The molecule has 0 bridgehead atoms. The molecule has 2 N–H and O–H groups in total. The maximum absolute atomic E-state index is 16.8. The fourth-order valence-electron chi connectivity index (χ4n) is 6.51. The lowest BCUT2D eigenvalue weighted by molar-refractivity contribution is -0.186. The van der Waals surface area contributed by atoms with Gasteiger partial charge in [0.15, 0.2) is 11.5 Å². The molecule has 27 heavy (non-hydrogen) atoms. The van der Waals surface area contributed by atoms with E-state index in [1.165, 1.54) is 12.2 Å². The van der Waals surface area contributed by atoms with Crippen LogP contribution in [-0.2, 0) is 9.59 Å². The summed E-state index contributed by atoms with van der Waals surface area (Å²) in [4.78, 5) is 23.8. The van der Waals surface area contributed by atoms with Crippen molar-refractivity contribution in [3.8, 4) is 0 Å². The fourth-order valence-corrected chi connectivity index (χ4v) is 7.02. The summed E-state index contributed by atoms with van der Waals surface area (Å²) < 4.78 is 16.8. The molecule has 2 saturated carbocycles. The van der Waals surface area contributed by atoms with E-state index in [-0.39, 0.29) is 18.1 Å². The molecule has 0 amide bonds. The zero-order chi connectivity index (χ0) is 19.8. The number of allylic oxidation sites excluding steroid dienone is 5. The highest BCUT2D eigenvalue weighted by atomic mass is 79.9. The molecule has 4 nitrogen and oxygen atoms in total. The molecule has 0 radical (unpaired) electrons. The summed E-state index contributed by atoms with van der Waals surface area (Å²) in [6.07, 6.45) is 4.95. The molecule has 2 fully saturated rings. The highest BCUT2D eigenvalue weighted by Crippen LogP contribution is 2.68. The fraction of sp³-hybridized carbons (Fsp3) is 0.619. The Balaban J connectivity index is 1.84. The van der Waals surface area contributed by atoms with Gasteiger partial charge < -0.3 is 10.2 Å². The van der Waals surface area contributed by atoms with Crippen molar-refractivity contribution in [1.29, 1.82) is 0 Å². The van der Waals surface area contributed by atoms with Gasteiger partial charge in [-0.3, -0.25) is 4.79 Å². The Morgan fingerprint density at radius 3 is 2.70 bits per heavy atom. The van der Waals surface area contributed by atoms with Crippen LogP contribution in [-0.4, -0.2) is 39.1 Å². The molecule has 146 valence electrons. The van der Waals surface area contributed by atoms with Crippen LogP contribution >= 0.6 is 15.9 Å². The third kappa shape index (κ3) is 2.23. The number of carbonyl (C=O) groups is 2. The molecule has 0 aromatic carbocycles. The molecule has 0 aromatic rings. The van der Waals surface area contributed by atoms with Crippen LogP contribution in [0.4, 0.5) is 4.39 Å². The van der Waals surface area contributed by atoms with Gasteiger partial charge in [-0.15, -0.1) is 0 Å². The van der Waals surface area contributed by atoms with Crippen molar-refractivity contribution in [3.05, 3.63) is 34.9 Å². The van der Waals surface area contributed by atoms with Crippen molar-refractivity contribution in [2.75, 3.05) is 5.33 Å². The first kappa shape index (κ1) is 19.1. The van der Waals surface area contributed by atoms with Crippen LogP contribution in [0.1, 0.15) is 39.5 Å². The van der Waals surface area contributed by atoms with Gasteiger partial charge in [0.1, 0.15) is 0 Å². The Hall–Kier alpha value is -1.27. The minimum Gasteiger partial charge on any atom is -0.478 e. The summed E-state index contributed by atoms with van der Waals surface area (Å²) in [5, 5.41) is 21.3. The third-order valence-corrected chi connectivity index (χ3v) is 8.47. The molecule has 6 atom stereocenters. The lowest BCUT2D eigenvalue weighted by atomic mass is 9.45. The Bertz CT molecular complexity index is 830. The molecular formula is C21H24BrFO4. The van der Waals surface area contributed by atoms with Gasteiger partial charge >= 0.3 is 5.97 Å². The van der Waals surface area contributed by atoms with Crippen molar-refractivity contribution in [2.24, 2.45) is 22.7 Å². The molecule has 4 aliphatic rings. The largest absolute Gasteiger partial charge is 0.478 e. The van der Waals surface area contributed by atoms with Gasteiger partial charge in [-0.05, 0) is 56.3 Å². The van der Waals surface area contributed by atoms with Crippen LogP contribution in [0.5, 0.6) is 0 Å². The first-order valence-corrected chi connectivity index (χ1v) is 10.5. The van der Waals surface area contributed by atoms with E-state index < -0.39 is 34.5 Å². The number of aliphatic hydroxyl groups excluding tert-OH is 1. The molecule has 4 aliphatic carbocycles.